The standard InChI is InChI=1S/C15H17N3O5/c1-4-22-15(19)23-14-12(9-10(2)17(14)3)16-11-7-5-6-8-13(11)18(20)21/h5-9,16H,4H2,1-3H3. The number of para-hydroxylation sites is 2. The van der Waals surface area contributed by atoms with Crippen molar-refractivity contribution < 1.29 is 19.2 Å². The van der Waals surface area contributed by atoms with Crippen LogP contribution in [-0.4, -0.2) is 22.3 Å². The van der Waals surface area contributed by atoms with Crippen LogP contribution in [0.5, 0.6) is 5.88 Å². The Bertz CT molecular complexity index is 739. The van der Waals surface area contributed by atoms with Gasteiger partial charge in [0.15, 0.2) is 0 Å². The Hall–Kier alpha value is -3.03. The van der Waals surface area contributed by atoms with Crippen LogP contribution < -0.4 is 10.1 Å². The highest BCUT2D eigenvalue weighted by Crippen LogP contribution is 2.34. The number of anilines is 2. The molecule has 2 rings (SSSR count). The van der Waals surface area contributed by atoms with Crippen molar-refractivity contribution in [2.45, 2.75) is 13.8 Å². The van der Waals surface area contributed by atoms with Gasteiger partial charge in [0.25, 0.3) is 5.69 Å². The van der Waals surface area contributed by atoms with Crippen LogP contribution in [0.15, 0.2) is 30.3 Å². The molecule has 8 heteroatoms. The van der Waals surface area contributed by atoms with E-state index in [-0.39, 0.29) is 18.2 Å². The van der Waals surface area contributed by atoms with Gasteiger partial charge in [-0.2, -0.15) is 0 Å². The number of nitro benzene ring substituents is 1. The number of aromatic nitrogens is 1. The number of rotatable bonds is 5. The van der Waals surface area contributed by atoms with Crippen molar-refractivity contribution in [1.82, 2.24) is 4.57 Å². The zero-order valence-electron chi connectivity index (χ0n) is 13.0. The van der Waals surface area contributed by atoms with Gasteiger partial charge in [-0.05, 0) is 26.0 Å². The summed E-state index contributed by atoms with van der Waals surface area (Å²) < 4.78 is 11.6. The Morgan fingerprint density at radius 2 is 2.04 bits per heavy atom. The van der Waals surface area contributed by atoms with Crippen molar-refractivity contribution in [3.63, 3.8) is 0 Å². The third kappa shape index (κ3) is 3.60. The summed E-state index contributed by atoms with van der Waals surface area (Å²) in [7, 11) is 1.72. The van der Waals surface area contributed by atoms with Gasteiger partial charge in [-0.15, -0.1) is 0 Å². The summed E-state index contributed by atoms with van der Waals surface area (Å²) >= 11 is 0. The van der Waals surface area contributed by atoms with E-state index >= 15 is 0 Å². The molecular formula is C15H17N3O5. The maximum atomic E-state index is 11.6. The summed E-state index contributed by atoms with van der Waals surface area (Å²) in [4.78, 5) is 22.2. The molecule has 1 aromatic carbocycles. The van der Waals surface area contributed by atoms with Crippen molar-refractivity contribution in [2.75, 3.05) is 11.9 Å². The van der Waals surface area contributed by atoms with E-state index in [2.05, 4.69) is 5.32 Å². The molecule has 1 N–H and O–H groups in total. The SMILES string of the molecule is CCOC(=O)Oc1c(Nc2ccccc2[N+](=O)[O-])cc(C)n1C. The average Bonchev–Trinajstić information content (AvgIpc) is 2.75. The third-order valence-electron chi connectivity index (χ3n) is 3.23. The highest BCUT2D eigenvalue weighted by molar-refractivity contribution is 5.75. The Kier molecular flexibility index (Phi) is 4.85. The lowest BCUT2D eigenvalue weighted by Crippen LogP contribution is -2.13. The molecule has 0 saturated carbocycles. The second-order valence-electron chi connectivity index (χ2n) is 4.75. The van der Waals surface area contributed by atoms with Crippen LogP contribution in [0.25, 0.3) is 0 Å². The highest BCUT2D eigenvalue weighted by atomic mass is 16.7. The van der Waals surface area contributed by atoms with Crippen LogP contribution in [0.3, 0.4) is 0 Å². The lowest BCUT2D eigenvalue weighted by molar-refractivity contribution is -0.383. The normalized spacial score (nSPS) is 10.2. The zero-order chi connectivity index (χ0) is 17.0. The van der Waals surface area contributed by atoms with Gasteiger partial charge in [0.05, 0.1) is 11.5 Å². The first-order chi connectivity index (χ1) is 10.9. The molecule has 1 heterocycles. The van der Waals surface area contributed by atoms with E-state index in [0.717, 1.165) is 5.69 Å². The fraction of sp³-hybridized carbons (Fsp3) is 0.267. The number of hydrogen-bond donors (Lipinski definition) is 1. The van der Waals surface area contributed by atoms with Gasteiger partial charge >= 0.3 is 6.16 Å². The molecule has 0 bridgehead atoms. The number of carbonyl (C=O) groups excluding carboxylic acids is 1. The number of ether oxygens (including phenoxy) is 2. The van der Waals surface area contributed by atoms with Gasteiger partial charge in [0.1, 0.15) is 11.4 Å². The predicted octanol–water partition coefficient (Wildman–Crippen LogP) is 3.52. The van der Waals surface area contributed by atoms with Gasteiger partial charge < -0.3 is 19.4 Å². The van der Waals surface area contributed by atoms with E-state index in [1.54, 1.807) is 42.8 Å². The van der Waals surface area contributed by atoms with Crippen molar-refractivity contribution >= 4 is 23.2 Å². The largest absolute Gasteiger partial charge is 0.515 e. The molecule has 23 heavy (non-hydrogen) atoms. The molecule has 122 valence electrons. The smallest absolute Gasteiger partial charge is 0.434 e. The predicted molar refractivity (Wildman–Crippen MR) is 84.2 cm³/mol. The quantitative estimate of drug-likeness (QED) is 0.514. The number of nitrogens with one attached hydrogen (secondary N) is 1. The summed E-state index contributed by atoms with van der Waals surface area (Å²) in [6.07, 6.45) is -0.834. The minimum Gasteiger partial charge on any atom is -0.434 e. The first kappa shape index (κ1) is 16.3. The molecule has 0 radical (unpaired) electrons. The van der Waals surface area contributed by atoms with Gasteiger partial charge in [0, 0.05) is 18.8 Å². The van der Waals surface area contributed by atoms with Crippen LogP contribution in [0, 0.1) is 17.0 Å². The fourth-order valence-electron chi connectivity index (χ4n) is 2.03. The topological polar surface area (TPSA) is 95.6 Å². The lowest BCUT2D eigenvalue weighted by Gasteiger charge is -2.10. The molecule has 0 fully saturated rings. The summed E-state index contributed by atoms with van der Waals surface area (Å²) in [6.45, 7) is 3.68. The molecule has 0 atom stereocenters. The number of hydrogen-bond acceptors (Lipinski definition) is 6. The Morgan fingerprint density at radius 1 is 1.35 bits per heavy atom. The molecule has 0 amide bonds. The van der Waals surface area contributed by atoms with Gasteiger partial charge in [-0.3, -0.25) is 10.1 Å². The lowest BCUT2D eigenvalue weighted by atomic mass is 10.2. The first-order valence-corrected chi connectivity index (χ1v) is 6.95. The molecule has 0 unspecified atom stereocenters. The highest BCUT2D eigenvalue weighted by Gasteiger charge is 2.19. The molecule has 1 aromatic heterocycles. The molecule has 0 spiro atoms. The minimum absolute atomic E-state index is 0.0731. The summed E-state index contributed by atoms with van der Waals surface area (Å²) in [5.41, 5.74) is 1.48. The molecule has 0 saturated heterocycles. The summed E-state index contributed by atoms with van der Waals surface area (Å²) in [6, 6.07) is 7.95. The van der Waals surface area contributed by atoms with Crippen molar-refractivity contribution in [3.05, 3.63) is 46.1 Å². The molecule has 8 nitrogen and oxygen atoms in total. The number of nitrogens with zero attached hydrogens (tertiary/aromatic N) is 2. The Morgan fingerprint density at radius 3 is 2.70 bits per heavy atom. The second kappa shape index (κ2) is 6.82. The third-order valence-corrected chi connectivity index (χ3v) is 3.23. The van der Waals surface area contributed by atoms with Gasteiger partial charge in [-0.1, -0.05) is 12.1 Å². The Labute approximate surface area is 132 Å². The van der Waals surface area contributed by atoms with Crippen LogP contribution in [0.4, 0.5) is 21.9 Å². The maximum Gasteiger partial charge on any atom is 0.515 e. The first-order valence-electron chi connectivity index (χ1n) is 6.95. The van der Waals surface area contributed by atoms with Crippen LogP contribution in [-0.2, 0) is 11.8 Å². The van der Waals surface area contributed by atoms with E-state index in [1.165, 1.54) is 6.07 Å². The minimum atomic E-state index is -0.834. The van der Waals surface area contributed by atoms with E-state index in [4.69, 9.17) is 9.47 Å². The number of aryl methyl sites for hydroxylation is 1. The van der Waals surface area contributed by atoms with Crippen LogP contribution in [0.2, 0.25) is 0 Å². The fourth-order valence-corrected chi connectivity index (χ4v) is 2.03. The van der Waals surface area contributed by atoms with E-state index in [1.807, 2.05) is 6.92 Å². The second-order valence-corrected chi connectivity index (χ2v) is 4.75. The van der Waals surface area contributed by atoms with Gasteiger partial charge in [-0.25, -0.2) is 4.79 Å². The van der Waals surface area contributed by atoms with Crippen LogP contribution in [0.1, 0.15) is 12.6 Å². The van der Waals surface area contributed by atoms with Crippen molar-refractivity contribution in [3.8, 4) is 5.88 Å². The molecule has 2 aromatic rings. The Balaban J connectivity index is 2.35. The van der Waals surface area contributed by atoms with Crippen LogP contribution >= 0.6 is 0 Å². The maximum absolute atomic E-state index is 11.6. The van der Waals surface area contributed by atoms with Gasteiger partial charge in [0.2, 0.25) is 5.88 Å². The van der Waals surface area contributed by atoms with Crippen molar-refractivity contribution in [1.29, 1.82) is 0 Å². The number of carbonyl (C=O) groups is 1. The molecule has 0 aliphatic heterocycles. The summed E-state index contributed by atoms with van der Waals surface area (Å²) in [5, 5.41) is 14.0. The van der Waals surface area contributed by atoms with Crippen molar-refractivity contribution in [2.24, 2.45) is 7.05 Å². The number of benzene rings is 1. The average molecular weight is 319 g/mol. The van der Waals surface area contributed by atoms with E-state index in [9.17, 15) is 14.9 Å². The zero-order valence-corrected chi connectivity index (χ0v) is 13.0. The number of nitro groups is 1. The molecule has 0 aliphatic carbocycles. The van der Waals surface area contributed by atoms with E-state index in [0.29, 0.717) is 11.4 Å². The van der Waals surface area contributed by atoms with E-state index < -0.39 is 11.1 Å². The summed E-state index contributed by atoms with van der Waals surface area (Å²) in [5.74, 6) is 0.221. The monoisotopic (exact) mass is 319 g/mol. The molecule has 0 aliphatic rings. The molecular weight excluding hydrogens is 302 g/mol.